The van der Waals surface area contributed by atoms with E-state index in [1.165, 1.54) is 0 Å². The molecule has 0 aliphatic rings. The van der Waals surface area contributed by atoms with Crippen LogP contribution in [-0.2, 0) is 0 Å². The Morgan fingerprint density at radius 2 is 1.53 bits per heavy atom. The van der Waals surface area contributed by atoms with Crippen LogP contribution < -0.4 is 5.30 Å². The van der Waals surface area contributed by atoms with E-state index in [2.05, 4.69) is 20.1 Å². The van der Waals surface area contributed by atoms with Gasteiger partial charge in [0.2, 0.25) is 0 Å². The maximum atomic E-state index is 10.8. The molecule has 7 nitrogen and oxygen atoms in total. The van der Waals surface area contributed by atoms with Crippen LogP contribution in [0.1, 0.15) is 5.56 Å². The van der Waals surface area contributed by atoms with Gasteiger partial charge >= 0.3 is 0 Å². The fourth-order valence-electron chi connectivity index (χ4n) is 1.70. The van der Waals surface area contributed by atoms with Crippen LogP contribution in [0.2, 0.25) is 0 Å². The van der Waals surface area contributed by atoms with Gasteiger partial charge in [0.15, 0.2) is 7.49 Å². The first kappa shape index (κ1) is 15.3. The van der Waals surface area contributed by atoms with Crippen LogP contribution in [0.15, 0.2) is 34.5 Å². The van der Waals surface area contributed by atoms with Gasteiger partial charge in [0.1, 0.15) is 5.30 Å². The Labute approximate surface area is 111 Å². The predicted molar refractivity (Wildman–Crippen MR) is 77.7 cm³/mol. The molecule has 0 spiro atoms. The van der Waals surface area contributed by atoms with E-state index in [4.69, 9.17) is 11.1 Å². The van der Waals surface area contributed by atoms with Gasteiger partial charge < -0.3 is 0 Å². The Kier molecular flexibility index (Phi) is 6.13. The second kappa shape index (κ2) is 7.62. The quantitative estimate of drug-likeness (QED) is 0.351. The van der Waals surface area contributed by atoms with E-state index in [1.807, 2.05) is 31.2 Å². The molecular weight excluding hydrogens is 263 g/mol. The topological polar surface area (TPSA) is 118 Å². The van der Waals surface area contributed by atoms with E-state index < -0.39 is 7.49 Å². The third kappa shape index (κ3) is 4.78. The third-order valence-corrected chi connectivity index (χ3v) is 5.92. The number of azide groups is 2. The Hall–Kier alpha value is -1.77. The van der Waals surface area contributed by atoms with Crippen molar-refractivity contribution in [3.63, 3.8) is 0 Å². The summed E-state index contributed by atoms with van der Waals surface area (Å²) in [7, 11) is -2.43. The van der Waals surface area contributed by atoms with Crippen molar-refractivity contribution in [3.8, 4) is 0 Å². The standard InChI is InChI=1S/C11H16N6OP/c1-10-2-4-11(5-3-10)19(18,8-6-14-16-12)9-7-15-17-13/h2-5,18H,6-9H2,1H3/q+1. The highest BCUT2D eigenvalue weighted by atomic mass is 31.2. The maximum absolute atomic E-state index is 10.8. The summed E-state index contributed by atoms with van der Waals surface area (Å²) in [5.41, 5.74) is 17.7. The number of aryl methyl sites for hydroxylation is 1. The Bertz CT molecular complexity index is 482. The molecule has 0 saturated heterocycles. The Morgan fingerprint density at radius 1 is 1.05 bits per heavy atom. The van der Waals surface area contributed by atoms with E-state index in [-0.39, 0.29) is 13.1 Å². The van der Waals surface area contributed by atoms with Crippen molar-refractivity contribution < 1.29 is 4.89 Å². The number of hydrogen-bond acceptors (Lipinski definition) is 3. The summed E-state index contributed by atoms with van der Waals surface area (Å²) in [6.45, 7) is 2.46. The molecule has 19 heavy (non-hydrogen) atoms. The predicted octanol–water partition coefficient (Wildman–Crippen LogP) is 3.17. The highest BCUT2D eigenvalue weighted by molar-refractivity contribution is 7.77. The minimum Gasteiger partial charge on any atom is -0.246 e. The molecule has 0 aliphatic heterocycles. The first-order chi connectivity index (χ1) is 9.12. The van der Waals surface area contributed by atoms with Gasteiger partial charge in [0.05, 0.1) is 25.4 Å². The van der Waals surface area contributed by atoms with Crippen LogP contribution in [0.3, 0.4) is 0 Å². The summed E-state index contributed by atoms with van der Waals surface area (Å²) in [6.07, 6.45) is 0.808. The summed E-state index contributed by atoms with van der Waals surface area (Å²) in [5, 5.41) is 7.79. The third-order valence-electron chi connectivity index (χ3n) is 2.78. The zero-order valence-corrected chi connectivity index (χ0v) is 11.6. The molecule has 0 unspecified atom stereocenters. The summed E-state index contributed by atoms with van der Waals surface area (Å²) in [6, 6.07) is 7.63. The molecule has 0 heterocycles. The van der Waals surface area contributed by atoms with Crippen LogP contribution in [-0.4, -0.2) is 30.3 Å². The summed E-state index contributed by atoms with van der Waals surface area (Å²) in [5.74, 6) is 0. The van der Waals surface area contributed by atoms with Gasteiger partial charge in [0.25, 0.3) is 0 Å². The molecule has 1 aromatic carbocycles. The molecule has 1 rings (SSSR count). The average molecular weight is 279 g/mol. The van der Waals surface area contributed by atoms with Crippen molar-refractivity contribution in [1.29, 1.82) is 0 Å². The van der Waals surface area contributed by atoms with Crippen LogP contribution in [0.5, 0.6) is 0 Å². The molecule has 0 aliphatic carbocycles. The number of nitrogens with zero attached hydrogens (tertiary/aromatic N) is 6. The van der Waals surface area contributed by atoms with Crippen LogP contribution in [0.4, 0.5) is 0 Å². The fourth-order valence-corrected chi connectivity index (χ4v) is 3.99. The van der Waals surface area contributed by atoms with Gasteiger partial charge in [-0.1, -0.05) is 27.9 Å². The highest BCUT2D eigenvalue weighted by Crippen LogP contribution is 2.52. The lowest BCUT2D eigenvalue weighted by atomic mass is 10.2. The van der Waals surface area contributed by atoms with Crippen molar-refractivity contribution in [2.45, 2.75) is 6.92 Å². The molecule has 100 valence electrons. The lowest BCUT2D eigenvalue weighted by Gasteiger charge is -2.18. The van der Waals surface area contributed by atoms with E-state index in [1.54, 1.807) is 0 Å². The first-order valence-electron chi connectivity index (χ1n) is 5.81. The molecule has 1 N–H and O–H groups in total. The second-order valence-corrected chi connectivity index (χ2v) is 7.37. The molecule has 0 aromatic heterocycles. The van der Waals surface area contributed by atoms with E-state index in [0.29, 0.717) is 12.3 Å². The maximum Gasteiger partial charge on any atom is 0.174 e. The minimum atomic E-state index is -2.43. The molecule has 0 amide bonds. The van der Waals surface area contributed by atoms with E-state index in [0.717, 1.165) is 10.9 Å². The van der Waals surface area contributed by atoms with Crippen LogP contribution >= 0.6 is 7.49 Å². The molecule has 0 fully saturated rings. The molecule has 0 atom stereocenters. The van der Waals surface area contributed by atoms with Gasteiger partial charge in [0, 0.05) is 9.82 Å². The van der Waals surface area contributed by atoms with Crippen LogP contribution in [0.25, 0.3) is 20.9 Å². The minimum absolute atomic E-state index is 0.241. The Balaban J connectivity index is 2.91. The summed E-state index contributed by atoms with van der Waals surface area (Å²) >= 11 is 0. The molecule has 8 heteroatoms. The van der Waals surface area contributed by atoms with Crippen LogP contribution in [0, 0.1) is 6.92 Å². The molecule has 0 bridgehead atoms. The second-order valence-electron chi connectivity index (χ2n) is 4.11. The monoisotopic (exact) mass is 279 g/mol. The van der Waals surface area contributed by atoms with Gasteiger partial charge in [-0.3, -0.25) is 0 Å². The fraction of sp³-hybridized carbons (Fsp3) is 0.455. The number of hydrogen-bond donors (Lipinski definition) is 1. The zero-order valence-electron chi connectivity index (χ0n) is 10.7. The van der Waals surface area contributed by atoms with Crippen molar-refractivity contribution >= 4 is 12.8 Å². The van der Waals surface area contributed by atoms with Gasteiger partial charge in [-0.25, -0.2) is 4.89 Å². The first-order valence-corrected chi connectivity index (χ1v) is 7.92. The molecule has 0 saturated carbocycles. The average Bonchev–Trinajstić information content (AvgIpc) is 2.40. The summed E-state index contributed by atoms with van der Waals surface area (Å²) < 4.78 is 0. The number of benzene rings is 1. The van der Waals surface area contributed by atoms with E-state index in [9.17, 15) is 4.89 Å². The van der Waals surface area contributed by atoms with E-state index >= 15 is 0 Å². The normalized spacial score (nSPS) is 12.9. The molecule has 0 radical (unpaired) electrons. The van der Waals surface area contributed by atoms with Crippen molar-refractivity contribution in [3.05, 3.63) is 50.7 Å². The Morgan fingerprint density at radius 3 is 1.95 bits per heavy atom. The van der Waals surface area contributed by atoms with Gasteiger partial charge in [-0.15, -0.1) is 0 Å². The van der Waals surface area contributed by atoms with Crippen molar-refractivity contribution in [1.82, 2.24) is 0 Å². The van der Waals surface area contributed by atoms with Crippen molar-refractivity contribution in [2.75, 3.05) is 25.4 Å². The summed E-state index contributed by atoms with van der Waals surface area (Å²) in [4.78, 5) is 16.2. The lowest BCUT2D eigenvalue weighted by molar-refractivity contribution is 0.608. The molecule has 1 aromatic rings. The number of rotatable bonds is 7. The van der Waals surface area contributed by atoms with Gasteiger partial charge in [-0.2, -0.15) is 0 Å². The zero-order chi connectivity index (χ0) is 14.1. The van der Waals surface area contributed by atoms with Crippen molar-refractivity contribution in [2.24, 2.45) is 10.2 Å². The smallest absolute Gasteiger partial charge is 0.174 e. The SMILES string of the molecule is Cc1ccc([P+](O)(CCN=[N+]=[N-])CCN=[N+]=[N-])cc1. The highest BCUT2D eigenvalue weighted by Gasteiger charge is 2.37. The molecular formula is C11H16N6OP+. The lowest BCUT2D eigenvalue weighted by Crippen LogP contribution is -2.19. The van der Waals surface area contributed by atoms with Gasteiger partial charge in [-0.05, 0) is 30.1 Å². The largest absolute Gasteiger partial charge is 0.246 e.